The first-order valence-electron chi connectivity index (χ1n) is 3.99. The normalized spacial score (nSPS) is 9.86. The van der Waals surface area contributed by atoms with Crippen molar-refractivity contribution in [2.24, 2.45) is 0 Å². The number of carbonyl (C=O) groups excluding carboxylic acids is 1. The number of nitro groups is 1. The summed E-state index contributed by atoms with van der Waals surface area (Å²) in [6, 6.07) is 2.67. The molecule has 0 amide bonds. The molecule has 0 aromatic heterocycles. The summed E-state index contributed by atoms with van der Waals surface area (Å²) < 4.78 is 0. The summed E-state index contributed by atoms with van der Waals surface area (Å²) in [6.45, 7) is 2.99. The molecule has 74 valence electrons. The minimum Gasteiger partial charge on any atom is -0.393 e. The molecule has 0 fully saturated rings. The van der Waals surface area contributed by atoms with E-state index >= 15 is 0 Å². The molecular formula is C9H10N2O3. The maximum absolute atomic E-state index is 11.1. The fourth-order valence-corrected chi connectivity index (χ4v) is 1.25. The lowest BCUT2D eigenvalue weighted by Crippen LogP contribution is -2.03. The van der Waals surface area contributed by atoms with Gasteiger partial charge in [-0.3, -0.25) is 14.9 Å². The van der Waals surface area contributed by atoms with Crippen molar-refractivity contribution in [2.75, 3.05) is 5.73 Å². The Labute approximate surface area is 80.7 Å². The molecule has 0 spiro atoms. The van der Waals surface area contributed by atoms with Crippen LogP contribution < -0.4 is 5.73 Å². The number of nitrogen functional groups attached to an aromatic ring is 1. The molecule has 1 rings (SSSR count). The molecule has 2 N–H and O–H groups in total. The number of benzene rings is 1. The highest BCUT2D eigenvalue weighted by Gasteiger charge is 2.16. The predicted molar refractivity (Wildman–Crippen MR) is 52.3 cm³/mol. The van der Waals surface area contributed by atoms with Crippen LogP contribution in [0.3, 0.4) is 0 Å². The van der Waals surface area contributed by atoms with Crippen molar-refractivity contribution in [1.29, 1.82) is 0 Å². The first-order valence-corrected chi connectivity index (χ1v) is 3.99. The third-order valence-corrected chi connectivity index (χ3v) is 2.07. The van der Waals surface area contributed by atoms with Gasteiger partial charge in [-0.2, -0.15) is 0 Å². The second kappa shape index (κ2) is 3.45. The van der Waals surface area contributed by atoms with Gasteiger partial charge >= 0.3 is 0 Å². The van der Waals surface area contributed by atoms with E-state index in [0.29, 0.717) is 11.1 Å². The number of rotatable bonds is 2. The van der Waals surface area contributed by atoms with Crippen molar-refractivity contribution in [1.82, 2.24) is 0 Å². The van der Waals surface area contributed by atoms with Gasteiger partial charge in [0.1, 0.15) is 5.69 Å². The van der Waals surface area contributed by atoms with Crippen molar-refractivity contribution in [3.63, 3.8) is 0 Å². The number of Topliss-reactive ketones (excluding diaryl/α,β-unsaturated/α-hetero) is 1. The van der Waals surface area contributed by atoms with Gasteiger partial charge < -0.3 is 5.73 Å². The molecule has 14 heavy (non-hydrogen) atoms. The minimum atomic E-state index is -0.563. The standard InChI is InChI=1S/C9H10N2O3/c1-5-7(6(2)12)3-4-8(9(5)10)11(13)14/h3-4H,10H2,1-2H3. The fraction of sp³-hybridized carbons (Fsp3) is 0.222. The van der Waals surface area contributed by atoms with Gasteiger partial charge in [0, 0.05) is 11.6 Å². The molecule has 5 nitrogen and oxygen atoms in total. The number of nitro benzene ring substituents is 1. The van der Waals surface area contributed by atoms with E-state index in [9.17, 15) is 14.9 Å². The lowest BCUT2D eigenvalue weighted by Gasteiger charge is -2.05. The maximum atomic E-state index is 11.1. The maximum Gasteiger partial charge on any atom is 0.292 e. The number of carbonyl (C=O) groups is 1. The Kier molecular flexibility index (Phi) is 2.51. The van der Waals surface area contributed by atoms with E-state index in [2.05, 4.69) is 0 Å². The van der Waals surface area contributed by atoms with Gasteiger partial charge in [-0.1, -0.05) is 0 Å². The number of hydrogen-bond acceptors (Lipinski definition) is 4. The van der Waals surface area contributed by atoms with E-state index < -0.39 is 4.92 Å². The SMILES string of the molecule is CC(=O)c1ccc([N+](=O)[O-])c(N)c1C. The number of ketones is 1. The van der Waals surface area contributed by atoms with Gasteiger partial charge in [0.05, 0.1) is 4.92 Å². The zero-order chi connectivity index (χ0) is 10.9. The van der Waals surface area contributed by atoms with E-state index in [1.165, 1.54) is 19.1 Å². The van der Waals surface area contributed by atoms with Crippen LogP contribution in [0, 0.1) is 17.0 Å². The minimum absolute atomic E-state index is 0.0581. The Hall–Kier alpha value is -1.91. The van der Waals surface area contributed by atoms with Crippen molar-refractivity contribution < 1.29 is 9.72 Å². The van der Waals surface area contributed by atoms with Crippen molar-refractivity contribution in [3.8, 4) is 0 Å². The average molecular weight is 194 g/mol. The third-order valence-electron chi connectivity index (χ3n) is 2.07. The van der Waals surface area contributed by atoms with Gasteiger partial charge in [0.25, 0.3) is 5.69 Å². The second-order valence-electron chi connectivity index (χ2n) is 2.98. The number of hydrogen-bond donors (Lipinski definition) is 1. The van der Waals surface area contributed by atoms with Crippen molar-refractivity contribution in [2.45, 2.75) is 13.8 Å². The Bertz CT molecular complexity index is 374. The molecule has 0 aliphatic heterocycles. The lowest BCUT2D eigenvalue weighted by molar-refractivity contribution is -0.383. The Balaban J connectivity index is 3.41. The van der Waals surface area contributed by atoms with Crippen molar-refractivity contribution >= 4 is 17.2 Å². The van der Waals surface area contributed by atoms with Gasteiger partial charge in [-0.25, -0.2) is 0 Å². The zero-order valence-corrected chi connectivity index (χ0v) is 7.90. The molecule has 1 aromatic carbocycles. The summed E-state index contributed by atoms with van der Waals surface area (Å²) >= 11 is 0. The smallest absolute Gasteiger partial charge is 0.292 e. The van der Waals surface area contributed by atoms with Crippen LogP contribution in [0.15, 0.2) is 12.1 Å². The molecule has 0 bridgehead atoms. The highest BCUT2D eigenvalue weighted by atomic mass is 16.6. The third kappa shape index (κ3) is 1.56. The van der Waals surface area contributed by atoms with Crippen LogP contribution in [0.25, 0.3) is 0 Å². The lowest BCUT2D eigenvalue weighted by atomic mass is 10.0. The molecular weight excluding hydrogens is 184 g/mol. The summed E-state index contributed by atoms with van der Waals surface area (Å²) in [5, 5.41) is 10.5. The van der Waals surface area contributed by atoms with Crippen LogP contribution in [0.4, 0.5) is 11.4 Å². The van der Waals surface area contributed by atoms with Crippen LogP contribution in [0.1, 0.15) is 22.8 Å². The van der Waals surface area contributed by atoms with Crippen LogP contribution in [0.5, 0.6) is 0 Å². The molecule has 0 saturated carbocycles. The first kappa shape index (κ1) is 10.2. The average Bonchev–Trinajstić information content (AvgIpc) is 2.08. The van der Waals surface area contributed by atoms with Gasteiger partial charge in [0.2, 0.25) is 0 Å². The molecule has 0 radical (unpaired) electrons. The number of nitrogens with two attached hydrogens (primary N) is 1. The topological polar surface area (TPSA) is 86.2 Å². The zero-order valence-electron chi connectivity index (χ0n) is 7.90. The summed E-state index contributed by atoms with van der Waals surface area (Å²) in [7, 11) is 0. The van der Waals surface area contributed by atoms with Gasteiger partial charge in [0.15, 0.2) is 5.78 Å². The van der Waals surface area contributed by atoms with E-state index in [1.807, 2.05) is 0 Å². The van der Waals surface area contributed by atoms with E-state index in [4.69, 9.17) is 5.73 Å². The molecule has 5 heteroatoms. The fourth-order valence-electron chi connectivity index (χ4n) is 1.25. The van der Waals surface area contributed by atoms with Gasteiger partial charge in [-0.05, 0) is 25.5 Å². The number of nitrogens with zero attached hydrogens (tertiary/aromatic N) is 1. The van der Waals surface area contributed by atoms with E-state index in [-0.39, 0.29) is 17.2 Å². The number of anilines is 1. The molecule has 0 aliphatic carbocycles. The summed E-state index contributed by atoms with van der Waals surface area (Å²) in [5.41, 5.74) is 6.32. The van der Waals surface area contributed by atoms with Crippen LogP contribution in [0.2, 0.25) is 0 Å². The monoisotopic (exact) mass is 194 g/mol. The largest absolute Gasteiger partial charge is 0.393 e. The van der Waals surface area contributed by atoms with Crippen LogP contribution in [-0.2, 0) is 0 Å². The van der Waals surface area contributed by atoms with E-state index in [1.54, 1.807) is 6.92 Å². The van der Waals surface area contributed by atoms with Crippen LogP contribution in [-0.4, -0.2) is 10.7 Å². The summed E-state index contributed by atoms with van der Waals surface area (Å²) in [6.07, 6.45) is 0. The molecule has 0 unspecified atom stereocenters. The Morgan fingerprint density at radius 3 is 2.50 bits per heavy atom. The molecule has 0 aliphatic rings. The molecule has 0 atom stereocenters. The summed E-state index contributed by atoms with van der Waals surface area (Å²) in [5.74, 6) is -0.149. The van der Waals surface area contributed by atoms with Crippen LogP contribution >= 0.6 is 0 Å². The van der Waals surface area contributed by atoms with Gasteiger partial charge in [-0.15, -0.1) is 0 Å². The highest BCUT2D eigenvalue weighted by Crippen LogP contribution is 2.27. The first-order chi connectivity index (χ1) is 6.45. The summed E-state index contributed by atoms with van der Waals surface area (Å²) in [4.78, 5) is 21.0. The Morgan fingerprint density at radius 1 is 1.50 bits per heavy atom. The molecule has 0 saturated heterocycles. The quantitative estimate of drug-likeness (QED) is 0.336. The predicted octanol–water partition coefficient (Wildman–Crippen LogP) is 1.69. The molecule has 0 heterocycles. The Morgan fingerprint density at radius 2 is 2.07 bits per heavy atom. The highest BCUT2D eigenvalue weighted by molar-refractivity contribution is 5.97. The van der Waals surface area contributed by atoms with Crippen molar-refractivity contribution in [3.05, 3.63) is 33.4 Å². The van der Waals surface area contributed by atoms with E-state index in [0.717, 1.165) is 0 Å². The second-order valence-corrected chi connectivity index (χ2v) is 2.98. The molecule has 1 aromatic rings.